The number of nitrogens with one attached hydrogen (secondary N) is 1. The lowest BCUT2D eigenvalue weighted by Gasteiger charge is -2.22. The molecule has 1 saturated carbocycles. The van der Waals surface area contributed by atoms with Crippen LogP contribution in [-0.4, -0.2) is 41.5 Å². The first kappa shape index (κ1) is 31.2. The minimum atomic E-state index is -4.53. The number of hydrogen-bond donors (Lipinski definition) is 2. The molecule has 0 bridgehead atoms. The first-order valence-electron chi connectivity index (χ1n) is 14.5. The van der Waals surface area contributed by atoms with Crippen LogP contribution in [0, 0.1) is 12.8 Å². The Morgan fingerprint density at radius 3 is 2.48 bits per heavy atom. The summed E-state index contributed by atoms with van der Waals surface area (Å²) >= 11 is 0. The van der Waals surface area contributed by atoms with Gasteiger partial charge in [-0.1, -0.05) is 12.1 Å². The minimum Gasteiger partial charge on any atom is -0.489 e. The van der Waals surface area contributed by atoms with Crippen LogP contribution in [0.4, 0.5) is 22.0 Å². The Bertz CT molecular complexity index is 1840. The number of amides is 2. The first-order chi connectivity index (χ1) is 21.7. The highest BCUT2D eigenvalue weighted by Crippen LogP contribution is 2.48. The molecule has 46 heavy (non-hydrogen) atoms. The first-order valence-corrected chi connectivity index (χ1v) is 14.5. The summed E-state index contributed by atoms with van der Waals surface area (Å²) in [5.74, 6) is -1.38. The number of halogens is 5. The number of primary amides is 1. The number of hydrogen-bond acceptors (Lipinski definition) is 6. The third-order valence-electron chi connectivity index (χ3n) is 8.54. The van der Waals surface area contributed by atoms with Gasteiger partial charge >= 0.3 is 12.8 Å². The van der Waals surface area contributed by atoms with Crippen molar-refractivity contribution < 1.29 is 41.0 Å². The second-order valence-electron chi connectivity index (χ2n) is 11.9. The molecule has 0 saturated heterocycles. The molecule has 2 atom stereocenters. The van der Waals surface area contributed by atoms with Gasteiger partial charge in [-0.15, -0.1) is 0 Å². The molecule has 1 aliphatic carbocycles. The Hall–Kier alpha value is -4.81. The SMILES string of the molecule is Cc1cnc2c(OC(F)F)cc(C(=O)NC[C@H](c3cc4c(c(-c5ccc(C(F)(F)F)cc5)n3)OC[C@]4(C)C(N)=O)C3CC3)cc2c1. The van der Waals surface area contributed by atoms with Gasteiger partial charge in [-0.2, -0.15) is 22.0 Å². The monoisotopic (exact) mass is 640 g/mol. The molecule has 1 fully saturated rings. The fourth-order valence-electron chi connectivity index (χ4n) is 5.77. The number of ether oxygens (including phenoxy) is 2. The van der Waals surface area contributed by atoms with E-state index in [1.54, 1.807) is 32.0 Å². The van der Waals surface area contributed by atoms with Gasteiger partial charge in [0.15, 0.2) is 5.75 Å². The van der Waals surface area contributed by atoms with E-state index in [0.717, 1.165) is 30.5 Å². The van der Waals surface area contributed by atoms with Crippen molar-refractivity contribution in [3.05, 3.63) is 82.7 Å². The van der Waals surface area contributed by atoms with Crippen LogP contribution in [-0.2, 0) is 16.4 Å². The Balaban J connectivity index is 1.35. The topological polar surface area (TPSA) is 116 Å². The molecule has 2 amide bonds. The van der Waals surface area contributed by atoms with E-state index < -0.39 is 35.6 Å². The highest BCUT2D eigenvalue weighted by molar-refractivity contribution is 6.00. The average molecular weight is 641 g/mol. The van der Waals surface area contributed by atoms with E-state index in [1.165, 1.54) is 24.4 Å². The summed E-state index contributed by atoms with van der Waals surface area (Å²) in [5, 5.41) is 3.34. The predicted octanol–water partition coefficient (Wildman–Crippen LogP) is 6.28. The lowest BCUT2D eigenvalue weighted by atomic mass is 9.82. The molecule has 1 aliphatic heterocycles. The van der Waals surface area contributed by atoms with Crippen molar-refractivity contribution in [3.8, 4) is 22.8 Å². The van der Waals surface area contributed by atoms with E-state index in [-0.39, 0.29) is 53.3 Å². The summed E-state index contributed by atoms with van der Waals surface area (Å²) in [6.45, 7) is 0.323. The van der Waals surface area contributed by atoms with Crippen molar-refractivity contribution in [3.63, 3.8) is 0 Å². The molecule has 0 spiro atoms. The van der Waals surface area contributed by atoms with E-state index in [0.29, 0.717) is 22.2 Å². The third kappa shape index (κ3) is 5.93. The number of carbonyl (C=O) groups excluding carboxylic acids is 2. The minimum absolute atomic E-state index is 0.0689. The number of nitrogens with zero attached hydrogens (tertiary/aromatic N) is 2. The number of pyridine rings is 2. The lowest BCUT2D eigenvalue weighted by molar-refractivity contribution is -0.137. The van der Waals surface area contributed by atoms with Crippen LogP contribution in [0.5, 0.6) is 11.5 Å². The molecular weight excluding hydrogens is 611 g/mol. The number of carbonyl (C=O) groups is 2. The maximum Gasteiger partial charge on any atom is 0.416 e. The van der Waals surface area contributed by atoms with Gasteiger partial charge in [-0.05, 0) is 74.6 Å². The van der Waals surface area contributed by atoms with Gasteiger partial charge in [0, 0.05) is 46.4 Å². The van der Waals surface area contributed by atoms with E-state index >= 15 is 0 Å². The van der Waals surface area contributed by atoms with Gasteiger partial charge in [0.05, 0.1) is 5.56 Å². The molecule has 13 heteroatoms. The van der Waals surface area contributed by atoms with Gasteiger partial charge in [-0.25, -0.2) is 4.98 Å². The van der Waals surface area contributed by atoms with Gasteiger partial charge < -0.3 is 20.5 Å². The Kier molecular flexibility index (Phi) is 7.81. The molecule has 2 aromatic heterocycles. The fourth-order valence-corrected chi connectivity index (χ4v) is 5.77. The second-order valence-corrected chi connectivity index (χ2v) is 11.9. The molecule has 4 aromatic rings. The zero-order valence-corrected chi connectivity index (χ0v) is 24.8. The summed E-state index contributed by atoms with van der Waals surface area (Å²) in [4.78, 5) is 35.0. The number of alkyl halides is 5. The van der Waals surface area contributed by atoms with Gasteiger partial charge in [0.25, 0.3) is 5.91 Å². The molecule has 2 aliphatic rings. The fraction of sp³-hybridized carbons (Fsp3) is 0.333. The van der Waals surface area contributed by atoms with Crippen LogP contribution in [0.3, 0.4) is 0 Å². The highest BCUT2D eigenvalue weighted by atomic mass is 19.4. The molecule has 0 unspecified atom stereocenters. The van der Waals surface area contributed by atoms with Crippen molar-refractivity contribution >= 4 is 22.7 Å². The van der Waals surface area contributed by atoms with E-state index in [4.69, 9.17) is 15.5 Å². The number of aryl methyl sites for hydroxylation is 1. The summed E-state index contributed by atoms with van der Waals surface area (Å²) in [5.41, 5.74) is 6.35. The maximum absolute atomic E-state index is 13.4. The number of aromatic nitrogens is 2. The summed E-state index contributed by atoms with van der Waals surface area (Å²) in [6, 6.07) is 10.7. The van der Waals surface area contributed by atoms with Crippen LogP contribution in [0.1, 0.15) is 58.4 Å². The third-order valence-corrected chi connectivity index (χ3v) is 8.54. The van der Waals surface area contributed by atoms with Gasteiger partial charge in [0.2, 0.25) is 5.91 Å². The van der Waals surface area contributed by atoms with Crippen molar-refractivity contribution in [1.82, 2.24) is 15.3 Å². The van der Waals surface area contributed by atoms with Crippen LogP contribution < -0.4 is 20.5 Å². The quantitative estimate of drug-likeness (QED) is 0.208. The Labute approximate surface area is 260 Å². The molecule has 3 N–H and O–H groups in total. The molecule has 0 radical (unpaired) electrons. The number of fused-ring (bicyclic) bond motifs is 2. The van der Waals surface area contributed by atoms with E-state index in [9.17, 15) is 31.5 Å². The normalized spacial score (nSPS) is 18.3. The molecule has 8 nitrogen and oxygen atoms in total. The van der Waals surface area contributed by atoms with Crippen molar-refractivity contribution in [1.29, 1.82) is 0 Å². The van der Waals surface area contributed by atoms with Crippen molar-refractivity contribution in [2.45, 2.75) is 50.8 Å². The standard InChI is InChI=1S/C33H29F5N4O4/c1-16-9-19-10-20(11-25(46-31(34)35)26(19)40-13-16)29(43)41-14-22(17-3-4-17)24-12-23-28(45-15-32(23,2)30(39)44)27(42-24)18-5-7-21(8-6-18)33(36,37)38/h5-13,17,22,31H,3-4,14-15H2,1-2H3,(H2,39,44)(H,41,43)/t22-,32-/m0/s1. The maximum atomic E-state index is 13.4. The van der Waals surface area contributed by atoms with E-state index in [2.05, 4.69) is 15.0 Å². The van der Waals surface area contributed by atoms with Crippen LogP contribution in [0.15, 0.2) is 54.7 Å². The summed E-state index contributed by atoms with van der Waals surface area (Å²) in [7, 11) is 0. The Morgan fingerprint density at radius 1 is 1.13 bits per heavy atom. The molecule has 240 valence electrons. The van der Waals surface area contributed by atoms with Crippen LogP contribution >= 0.6 is 0 Å². The van der Waals surface area contributed by atoms with Gasteiger partial charge in [-0.3, -0.25) is 14.6 Å². The molecule has 6 rings (SSSR count). The summed E-state index contributed by atoms with van der Waals surface area (Å²) in [6.07, 6.45) is -1.34. The number of benzene rings is 2. The summed E-state index contributed by atoms with van der Waals surface area (Å²) < 4.78 is 76.7. The largest absolute Gasteiger partial charge is 0.489 e. The molecular formula is C33H29F5N4O4. The lowest BCUT2D eigenvalue weighted by Crippen LogP contribution is -2.40. The van der Waals surface area contributed by atoms with Crippen LogP contribution in [0.2, 0.25) is 0 Å². The average Bonchev–Trinajstić information content (AvgIpc) is 3.78. The van der Waals surface area contributed by atoms with Crippen LogP contribution in [0.25, 0.3) is 22.2 Å². The number of rotatable bonds is 9. The molecule has 3 heterocycles. The van der Waals surface area contributed by atoms with Crippen molar-refractivity contribution in [2.24, 2.45) is 11.7 Å². The zero-order chi connectivity index (χ0) is 33.0. The Morgan fingerprint density at radius 2 is 1.85 bits per heavy atom. The highest BCUT2D eigenvalue weighted by Gasteiger charge is 2.45. The number of nitrogens with two attached hydrogens (primary N) is 1. The predicted molar refractivity (Wildman–Crippen MR) is 158 cm³/mol. The van der Waals surface area contributed by atoms with Gasteiger partial charge in [0.1, 0.15) is 29.0 Å². The smallest absolute Gasteiger partial charge is 0.416 e. The molecule has 2 aromatic carbocycles. The zero-order valence-electron chi connectivity index (χ0n) is 24.8. The second kappa shape index (κ2) is 11.5. The van der Waals surface area contributed by atoms with E-state index in [1.807, 2.05) is 0 Å². The van der Waals surface area contributed by atoms with Crippen molar-refractivity contribution in [2.75, 3.05) is 13.2 Å².